The lowest BCUT2D eigenvalue weighted by Gasteiger charge is -2.40. The number of hydrogen-bond donors (Lipinski definition) is 1. The molecule has 6 nitrogen and oxygen atoms in total. The number of benzene rings is 3. The third kappa shape index (κ3) is 3.58. The number of nitrogens with zero attached hydrogens (tertiary/aromatic N) is 2. The summed E-state index contributed by atoms with van der Waals surface area (Å²) in [5.74, 6) is -1.22. The lowest BCUT2D eigenvalue weighted by Crippen LogP contribution is -2.51. The van der Waals surface area contributed by atoms with Gasteiger partial charge in [0.25, 0.3) is 11.8 Å². The molecule has 2 aliphatic heterocycles. The molecule has 1 atom stereocenters. The summed E-state index contributed by atoms with van der Waals surface area (Å²) in [5.41, 5.74) is 1.17. The van der Waals surface area contributed by atoms with Gasteiger partial charge in [0.15, 0.2) is 5.66 Å². The van der Waals surface area contributed by atoms with E-state index in [1.807, 2.05) is 13.0 Å². The smallest absolute Gasteiger partial charge is 0.258 e. The molecule has 0 aromatic heterocycles. The minimum Gasteiger partial charge on any atom is -0.325 e. The van der Waals surface area contributed by atoms with E-state index < -0.39 is 11.5 Å². The van der Waals surface area contributed by atoms with Crippen molar-refractivity contribution in [3.63, 3.8) is 0 Å². The molecule has 0 bridgehead atoms. The van der Waals surface area contributed by atoms with Crippen LogP contribution < -0.4 is 5.32 Å². The monoisotopic (exact) mass is 491 g/mol. The van der Waals surface area contributed by atoms with Crippen LogP contribution in [0.2, 0.25) is 5.02 Å². The number of rotatable bonds is 5. The Kier molecular flexibility index (Phi) is 5.81. The maximum atomic E-state index is 13.8. The molecular weight excluding hydrogens is 469 g/mol. The van der Waals surface area contributed by atoms with Gasteiger partial charge in [0.2, 0.25) is 5.91 Å². The Balaban J connectivity index is 1.71. The predicted octanol–water partition coefficient (Wildman–Crippen LogP) is 5.03. The molecule has 1 unspecified atom stereocenters. The molecule has 5 rings (SSSR count). The van der Waals surface area contributed by atoms with Crippen LogP contribution >= 0.6 is 11.6 Å². The summed E-state index contributed by atoms with van der Waals surface area (Å²) in [7, 11) is 0. The number of nitrogens with one attached hydrogen (secondary N) is 1. The highest BCUT2D eigenvalue weighted by atomic mass is 35.5. The van der Waals surface area contributed by atoms with Crippen LogP contribution in [0.3, 0.4) is 0 Å². The fourth-order valence-corrected chi connectivity index (χ4v) is 5.23. The molecule has 178 valence electrons. The highest BCUT2D eigenvalue weighted by Crippen LogP contribution is 2.51. The number of carbonyl (C=O) groups excluding carboxylic acids is 3. The van der Waals surface area contributed by atoms with Crippen molar-refractivity contribution in [3.8, 4) is 0 Å². The lowest BCUT2D eigenvalue weighted by molar-refractivity contribution is -0.116. The topological polar surface area (TPSA) is 69.7 Å². The van der Waals surface area contributed by atoms with E-state index in [1.165, 1.54) is 24.3 Å². The summed E-state index contributed by atoms with van der Waals surface area (Å²) >= 11 is 6.17. The van der Waals surface area contributed by atoms with Gasteiger partial charge >= 0.3 is 0 Å². The Hall–Kier alpha value is -3.71. The number of halogens is 2. The van der Waals surface area contributed by atoms with Gasteiger partial charge in [0.05, 0.1) is 11.3 Å². The van der Waals surface area contributed by atoms with Gasteiger partial charge in [-0.2, -0.15) is 0 Å². The first-order chi connectivity index (χ1) is 16.9. The van der Waals surface area contributed by atoms with E-state index in [1.54, 1.807) is 46.2 Å². The van der Waals surface area contributed by atoms with Crippen LogP contribution in [0.25, 0.3) is 0 Å². The predicted molar refractivity (Wildman–Crippen MR) is 131 cm³/mol. The molecule has 2 aliphatic rings. The quantitative estimate of drug-likeness (QED) is 0.544. The summed E-state index contributed by atoms with van der Waals surface area (Å²) < 4.78 is 13.5. The van der Waals surface area contributed by atoms with Gasteiger partial charge in [-0.1, -0.05) is 42.8 Å². The van der Waals surface area contributed by atoms with Gasteiger partial charge in [0, 0.05) is 41.2 Å². The average Bonchev–Trinajstić information content (AvgIpc) is 3.35. The SMILES string of the molecule is CCCC(=O)Nc1cccc2c1C(=O)N1CCN(C(=O)c3ccc(F)cc3)C21c1ccc(Cl)cc1. The van der Waals surface area contributed by atoms with Gasteiger partial charge < -0.3 is 15.1 Å². The van der Waals surface area contributed by atoms with Crippen LogP contribution in [0.5, 0.6) is 0 Å². The van der Waals surface area contributed by atoms with E-state index in [4.69, 9.17) is 11.6 Å². The van der Waals surface area contributed by atoms with Gasteiger partial charge in [-0.05, 0) is 48.9 Å². The maximum Gasteiger partial charge on any atom is 0.258 e. The Bertz CT molecular complexity index is 1330. The number of carbonyl (C=O) groups is 3. The molecule has 8 heteroatoms. The zero-order valence-electron chi connectivity index (χ0n) is 19.1. The highest BCUT2D eigenvalue weighted by molar-refractivity contribution is 6.30. The summed E-state index contributed by atoms with van der Waals surface area (Å²) in [5, 5.41) is 3.39. The molecular formula is C27H23ClFN3O3. The molecule has 0 spiro atoms. The van der Waals surface area contributed by atoms with Crippen molar-refractivity contribution in [2.24, 2.45) is 0 Å². The van der Waals surface area contributed by atoms with E-state index in [2.05, 4.69) is 5.32 Å². The van der Waals surface area contributed by atoms with Gasteiger partial charge in [-0.25, -0.2) is 4.39 Å². The van der Waals surface area contributed by atoms with E-state index in [9.17, 15) is 18.8 Å². The second kappa shape index (κ2) is 8.82. The van der Waals surface area contributed by atoms with Gasteiger partial charge in [-0.3, -0.25) is 14.4 Å². The van der Waals surface area contributed by atoms with Crippen molar-refractivity contribution in [2.45, 2.75) is 25.4 Å². The number of fused-ring (bicyclic) bond motifs is 3. The largest absolute Gasteiger partial charge is 0.325 e. The average molecular weight is 492 g/mol. The first-order valence-corrected chi connectivity index (χ1v) is 11.8. The summed E-state index contributed by atoms with van der Waals surface area (Å²) in [6, 6.07) is 17.7. The highest BCUT2D eigenvalue weighted by Gasteiger charge is 2.60. The molecule has 3 amide bonds. The second-order valence-corrected chi connectivity index (χ2v) is 9.06. The van der Waals surface area contributed by atoms with Crippen LogP contribution in [0.4, 0.5) is 10.1 Å². The molecule has 1 N–H and O–H groups in total. The summed E-state index contributed by atoms with van der Waals surface area (Å²) in [6.45, 7) is 2.49. The molecule has 1 fully saturated rings. The van der Waals surface area contributed by atoms with Crippen LogP contribution in [-0.2, 0) is 10.5 Å². The van der Waals surface area contributed by atoms with Crippen LogP contribution in [0.1, 0.15) is 51.6 Å². The fourth-order valence-electron chi connectivity index (χ4n) is 5.11. The minimum absolute atomic E-state index is 0.180. The third-order valence-electron chi connectivity index (χ3n) is 6.56. The molecule has 3 aromatic carbocycles. The van der Waals surface area contributed by atoms with E-state index in [-0.39, 0.29) is 24.3 Å². The fraction of sp³-hybridized carbons (Fsp3) is 0.222. The standard InChI is InChI=1S/C27H23ClFN3O3/c1-2-4-23(33)30-22-6-3-5-21-24(22)26(35)32-16-15-31(25(34)17-7-13-20(29)14-8-17)27(21,32)18-9-11-19(28)12-10-18/h3,5-14H,2,4,15-16H2,1H3,(H,30,33). The van der Waals surface area contributed by atoms with E-state index >= 15 is 0 Å². The molecule has 3 aromatic rings. The lowest BCUT2D eigenvalue weighted by atomic mass is 9.89. The molecule has 1 saturated heterocycles. The van der Waals surface area contributed by atoms with Crippen molar-refractivity contribution in [1.82, 2.24) is 9.80 Å². The van der Waals surface area contributed by atoms with Crippen LogP contribution in [-0.4, -0.2) is 40.6 Å². The second-order valence-electron chi connectivity index (χ2n) is 8.63. The molecule has 0 saturated carbocycles. The van der Waals surface area contributed by atoms with Gasteiger partial charge in [0.1, 0.15) is 5.82 Å². The van der Waals surface area contributed by atoms with Crippen molar-refractivity contribution in [2.75, 3.05) is 18.4 Å². The first kappa shape index (κ1) is 23.1. The van der Waals surface area contributed by atoms with Crippen LogP contribution in [0, 0.1) is 5.82 Å². The number of amides is 3. The molecule has 0 aliphatic carbocycles. The van der Waals surface area contributed by atoms with Crippen molar-refractivity contribution >= 4 is 35.0 Å². The number of hydrogen-bond acceptors (Lipinski definition) is 3. The molecule has 35 heavy (non-hydrogen) atoms. The third-order valence-corrected chi connectivity index (χ3v) is 6.81. The number of anilines is 1. The Morgan fingerprint density at radius 1 is 1.03 bits per heavy atom. The van der Waals surface area contributed by atoms with E-state index in [0.29, 0.717) is 52.4 Å². The summed E-state index contributed by atoms with van der Waals surface area (Å²) in [6.07, 6.45) is 1.01. The first-order valence-electron chi connectivity index (χ1n) is 11.5. The van der Waals surface area contributed by atoms with Gasteiger partial charge in [-0.15, -0.1) is 0 Å². The maximum absolute atomic E-state index is 13.8. The van der Waals surface area contributed by atoms with Crippen molar-refractivity contribution in [1.29, 1.82) is 0 Å². The Morgan fingerprint density at radius 2 is 1.74 bits per heavy atom. The van der Waals surface area contributed by atoms with Crippen molar-refractivity contribution < 1.29 is 18.8 Å². The zero-order chi connectivity index (χ0) is 24.7. The molecule has 2 heterocycles. The normalized spacial score (nSPS) is 18.4. The summed E-state index contributed by atoms with van der Waals surface area (Å²) in [4.78, 5) is 43.3. The van der Waals surface area contributed by atoms with Crippen LogP contribution in [0.15, 0.2) is 66.7 Å². The molecule has 0 radical (unpaired) electrons. The minimum atomic E-state index is -1.23. The van der Waals surface area contributed by atoms with Crippen molar-refractivity contribution in [3.05, 3.63) is 99.8 Å². The Morgan fingerprint density at radius 3 is 2.43 bits per heavy atom. The zero-order valence-corrected chi connectivity index (χ0v) is 19.8. The van der Waals surface area contributed by atoms with E-state index in [0.717, 1.165) is 0 Å². The Labute approximate surface area is 207 Å².